The van der Waals surface area contributed by atoms with Gasteiger partial charge in [-0.3, -0.25) is 9.18 Å². The highest BCUT2D eigenvalue weighted by atomic mass is 19.1. The van der Waals surface area contributed by atoms with Gasteiger partial charge in [0, 0.05) is 11.5 Å². The fraction of sp³-hybridized carbons (Fsp3) is 0.632. The molecule has 5 nitrogen and oxygen atoms in total. The maximum atomic E-state index is 12.5. The van der Waals surface area contributed by atoms with Crippen LogP contribution < -0.4 is 0 Å². The standard InChI is InChI=1S/C38H53FO5/c1-26(2)36(41)43-23-35(24-44-37(42)38(3,4)25-40)30-14-12-29(13-15-30)32-17-19-33-21-31(16-18-34(33)22-32)28-10-8-27(9-11-28)7-5-6-20-39/h16-19,21-22,27-30,35,40H,1,5-15,20,23-25H2,2-4H3. The van der Waals surface area contributed by atoms with Crippen LogP contribution in [-0.4, -0.2) is 43.5 Å². The average molecular weight is 609 g/mol. The van der Waals surface area contributed by atoms with Gasteiger partial charge in [0.15, 0.2) is 0 Å². The predicted octanol–water partition coefficient (Wildman–Crippen LogP) is 8.82. The molecule has 2 saturated carbocycles. The van der Waals surface area contributed by atoms with Gasteiger partial charge in [-0.25, -0.2) is 4.79 Å². The number of aliphatic hydroxyl groups is 1. The molecule has 0 aliphatic heterocycles. The van der Waals surface area contributed by atoms with Gasteiger partial charge in [0.25, 0.3) is 0 Å². The lowest BCUT2D eigenvalue weighted by atomic mass is 9.74. The number of ether oxygens (including phenoxy) is 2. The second-order valence-electron chi connectivity index (χ2n) is 14.2. The number of halogens is 1. The van der Waals surface area contributed by atoms with Gasteiger partial charge < -0.3 is 14.6 Å². The summed E-state index contributed by atoms with van der Waals surface area (Å²) in [6.45, 7) is 8.50. The topological polar surface area (TPSA) is 72.8 Å². The number of carbonyl (C=O) groups excluding carboxylic acids is 2. The van der Waals surface area contributed by atoms with Crippen LogP contribution in [0.15, 0.2) is 48.6 Å². The lowest BCUT2D eigenvalue weighted by molar-refractivity contribution is -0.159. The van der Waals surface area contributed by atoms with Crippen LogP contribution in [0.4, 0.5) is 4.39 Å². The maximum absolute atomic E-state index is 12.5. The van der Waals surface area contributed by atoms with E-state index in [1.807, 2.05) is 0 Å². The third-order valence-electron chi connectivity index (χ3n) is 10.3. The van der Waals surface area contributed by atoms with E-state index in [9.17, 15) is 19.1 Å². The van der Waals surface area contributed by atoms with Crippen molar-refractivity contribution in [2.75, 3.05) is 26.5 Å². The number of unbranched alkanes of at least 4 members (excludes halogenated alkanes) is 1. The molecule has 0 bridgehead atoms. The number of rotatable bonds is 14. The van der Waals surface area contributed by atoms with E-state index in [1.165, 1.54) is 54.0 Å². The van der Waals surface area contributed by atoms with E-state index in [0.717, 1.165) is 38.0 Å². The largest absolute Gasteiger partial charge is 0.465 e. The Morgan fingerprint density at radius 3 is 1.95 bits per heavy atom. The summed E-state index contributed by atoms with van der Waals surface area (Å²) in [5, 5.41) is 12.1. The summed E-state index contributed by atoms with van der Waals surface area (Å²) >= 11 is 0. The van der Waals surface area contributed by atoms with Crippen LogP contribution in [0.1, 0.15) is 114 Å². The van der Waals surface area contributed by atoms with E-state index in [-0.39, 0.29) is 38.3 Å². The molecule has 0 radical (unpaired) electrons. The summed E-state index contributed by atoms with van der Waals surface area (Å²) in [7, 11) is 0. The van der Waals surface area contributed by atoms with Gasteiger partial charge in [-0.05, 0) is 124 Å². The molecule has 2 aromatic carbocycles. The Labute approximate surface area is 263 Å². The quantitative estimate of drug-likeness (QED) is 0.132. The van der Waals surface area contributed by atoms with E-state index < -0.39 is 17.4 Å². The number of esters is 2. The fourth-order valence-electron chi connectivity index (χ4n) is 7.10. The number of fused-ring (bicyclic) bond motifs is 1. The van der Waals surface area contributed by atoms with Crippen molar-refractivity contribution >= 4 is 22.7 Å². The minimum Gasteiger partial charge on any atom is -0.465 e. The van der Waals surface area contributed by atoms with E-state index >= 15 is 0 Å². The monoisotopic (exact) mass is 608 g/mol. The number of alkyl halides is 1. The Kier molecular flexibility index (Phi) is 12.4. The van der Waals surface area contributed by atoms with Crippen molar-refractivity contribution in [3.63, 3.8) is 0 Å². The second kappa shape index (κ2) is 16.0. The smallest absolute Gasteiger partial charge is 0.333 e. The molecule has 0 spiro atoms. The number of benzene rings is 2. The van der Waals surface area contributed by atoms with Crippen molar-refractivity contribution in [1.29, 1.82) is 0 Å². The average Bonchev–Trinajstić information content (AvgIpc) is 3.04. The number of hydrogen-bond donors (Lipinski definition) is 1. The third kappa shape index (κ3) is 9.15. The molecular formula is C38H53FO5. The summed E-state index contributed by atoms with van der Waals surface area (Å²) < 4.78 is 23.6. The first kappa shape index (κ1) is 34.1. The third-order valence-corrected chi connectivity index (χ3v) is 10.3. The first-order valence-corrected chi connectivity index (χ1v) is 16.8. The Balaban J connectivity index is 1.34. The normalized spacial score (nSPS) is 23.2. The molecule has 0 saturated heterocycles. The van der Waals surface area contributed by atoms with Gasteiger partial charge in [0.1, 0.15) is 0 Å². The van der Waals surface area contributed by atoms with Crippen molar-refractivity contribution in [3.05, 3.63) is 59.7 Å². The van der Waals surface area contributed by atoms with Gasteiger partial charge in [-0.1, -0.05) is 55.8 Å². The molecule has 0 heterocycles. The Bertz CT molecular complexity index is 1250. The number of carbonyl (C=O) groups is 2. The lowest BCUT2D eigenvalue weighted by Gasteiger charge is -2.34. The predicted molar refractivity (Wildman–Crippen MR) is 174 cm³/mol. The molecule has 242 valence electrons. The minimum atomic E-state index is -0.968. The first-order chi connectivity index (χ1) is 21.1. The Hall–Kier alpha value is -2.73. The highest BCUT2D eigenvalue weighted by Crippen LogP contribution is 2.41. The molecule has 1 unspecified atom stereocenters. The van der Waals surface area contributed by atoms with Gasteiger partial charge in [0.05, 0.1) is 31.9 Å². The van der Waals surface area contributed by atoms with Crippen LogP contribution in [0.5, 0.6) is 0 Å². The zero-order valence-electron chi connectivity index (χ0n) is 27.1. The summed E-state index contributed by atoms with van der Waals surface area (Å²) in [6.07, 6.45) is 11.9. The van der Waals surface area contributed by atoms with Gasteiger partial charge in [-0.15, -0.1) is 0 Å². The molecule has 1 atom stereocenters. The van der Waals surface area contributed by atoms with E-state index in [4.69, 9.17) is 9.47 Å². The van der Waals surface area contributed by atoms with E-state index in [1.54, 1.807) is 20.8 Å². The highest BCUT2D eigenvalue weighted by Gasteiger charge is 2.33. The van der Waals surface area contributed by atoms with Crippen LogP contribution in [-0.2, 0) is 19.1 Å². The highest BCUT2D eigenvalue weighted by molar-refractivity contribution is 5.87. The molecule has 4 rings (SSSR count). The van der Waals surface area contributed by atoms with E-state index in [2.05, 4.69) is 43.0 Å². The fourth-order valence-corrected chi connectivity index (χ4v) is 7.10. The lowest BCUT2D eigenvalue weighted by Crippen LogP contribution is -2.35. The van der Waals surface area contributed by atoms with Gasteiger partial charge >= 0.3 is 11.9 Å². The summed E-state index contributed by atoms with van der Waals surface area (Å²) in [4.78, 5) is 24.6. The van der Waals surface area contributed by atoms with Crippen molar-refractivity contribution in [2.24, 2.45) is 23.2 Å². The number of hydrogen-bond acceptors (Lipinski definition) is 5. The van der Waals surface area contributed by atoms with Crippen LogP contribution in [0.2, 0.25) is 0 Å². The van der Waals surface area contributed by atoms with Gasteiger partial charge in [-0.2, -0.15) is 0 Å². The minimum absolute atomic E-state index is 0.0991. The molecule has 2 aliphatic rings. The van der Waals surface area contributed by atoms with Crippen LogP contribution in [0.3, 0.4) is 0 Å². The van der Waals surface area contributed by atoms with Crippen LogP contribution in [0, 0.1) is 23.2 Å². The van der Waals surface area contributed by atoms with Crippen molar-refractivity contribution < 1.29 is 28.6 Å². The molecular weight excluding hydrogens is 555 g/mol. The molecule has 2 aliphatic carbocycles. The maximum Gasteiger partial charge on any atom is 0.333 e. The molecule has 0 aromatic heterocycles. The second-order valence-corrected chi connectivity index (χ2v) is 14.2. The van der Waals surface area contributed by atoms with Gasteiger partial charge in [0.2, 0.25) is 0 Å². The SMILES string of the molecule is C=C(C)C(=O)OCC(COC(=O)C(C)(C)CO)C1CCC(c2ccc3cc(C4CCC(CCCCF)CC4)ccc3c2)CC1. The molecule has 1 N–H and O–H groups in total. The van der Waals surface area contributed by atoms with Crippen molar-refractivity contribution in [1.82, 2.24) is 0 Å². The first-order valence-electron chi connectivity index (χ1n) is 16.8. The zero-order valence-corrected chi connectivity index (χ0v) is 27.1. The Morgan fingerprint density at radius 1 is 0.886 bits per heavy atom. The Morgan fingerprint density at radius 2 is 1.43 bits per heavy atom. The van der Waals surface area contributed by atoms with Crippen molar-refractivity contribution in [3.8, 4) is 0 Å². The summed E-state index contributed by atoms with van der Waals surface area (Å²) in [5.41, 5.74) is 2.21. The molecule has 2 aromatic rings. The summed E-state index contributed by atoms with van der Waals surface area (Å²) in [6, 6.07) is 13.9. The van der Waals surface area contributed by atoms with E-state index in [0.29, 0.717) is 23.8 Å². The molecule has 2 fully saturated rings. The zero-order chi connectivity index (χ0) is 31.7. The molecule has 44 heavy (non-hydrogen) atoms. The molecule has 6 heteroatoms. The summed E-state index contributed by atoms with van der Waals surface area (Å²) in [5.74, 6) is 1.17. The van der Waals surface area contributed by atoms with Crippen LogP contribution in [0.25, 0.3) is 10.8 Å². The van der Waals surface area contributed by atoms with Crippen LogP contribution >= 0.6 is 0 Å². The number of aliphatic hydroxyl groups excluding tert-OH is 1. The van der Waals surface area contributed by atoms with Crippen molar-refractivity contribution in [2.45, 2.75) is 103 Å². The molecule has 0 amide bonds.